The maximum absolute atomic E-state index is 14.1. The Morgan fingerprint density at radius 3 is 1.85 bits per heavy atom. The largest absolute Gasteiger partial charge is 0.394 e. The van der Waals surface area contributed by atoms with Gasteiger partial charge in [-0.25, -0.2) is 0 Å². The van der Waals surface area contributed by atoms with Crippen LogP contribution in [0.5, 0.6) is 0 Å². The van der Waals surface area contributed by atoms with E-state index < -0.39 is 166 Å². The molecule has 29 atom stereocenters. The van der Waals surface area contributed by atoms with Crippen LogP contribution in [0.4, 0.5) is 0 Å². The zero-order valence-corrected chi connectivity index (χ0v) is 42.8. The van der Waals surface area contributed by atoms with Crippen molar-refractivity contribution in [3.63, 3.8) is 0 Å². The Hall–Kier alpha value is -1.76. The molecule has 0 aromatic heterocycles. The van der Waals surface area contributed by atoms with Crippen LogP contribution in [0.15, 0.2) is 11.6 Å². The number of Topliss-reactive ketones (excluding diaryl/α,β-unsaturated/α-hetero) is 2. The van der Waals surface area contributed by atoms with E-state index in [1.807, 2.05) is 13.8 Å². The van der Waals surface area contributed by atoms with Crippen molar-refractivity contribution in [3.8, 4) is 0 Å². The van der Waals surface area contributed by atoms with E-state index in [0.29, 0.717) is 38.5 Å². The lowest BCUT2D eigenvalue weighted by molar-refractivity contribution is -0.389. The smallest absolute Gasteiger partial charge is 0.187 e. The Balaban J connectivity index is 0.919. The van der Waals surface area contributed by atoms with Gasteiger partial charge in [0.05, 0.1) is 38.6 Å². The quantitative estimate of drug-likeness (QED) is 0.0648. The molecule has 8 aliphatic rings. The first-order chi connectivity index (χ1) is 35.0. The van der Waals surface area contributed by atoms with E-state index in [4.69, 9.17) is 37.9 Å². The van der Waals surface area contributed by atoms with Gasteiger partial charge < -0.3 is 104 Å². The monoisotopic (exact) mass is 1060 g/mol. The van der Waals surface area contributed by atoms with E-state index in [0.717, 1.165) is 12.8 Å². The van der Waals surface area contributed by atoms with Crippen molar-refractivity contribution in [2.45, 2.75) is 221 Å². The van der Waals surface area contributed by atoms with Gasteiger partial charge in [0.15, 0.2) is 25.2 Å². The fourth-order valence-corrected chi connectivity index (χ4v) is 14.0. The van der Waals surface area contributed by atoms with Gasteiger partial charge >= 0.3 is 0 Å². The second-order valence-electron chi connectivity index (χ2n) is 23.2. The number of ketones is 2. The van der Waals surface area contributed by atoms with E-state index in [1.165, 1.54) is 12.5 Å². The Morgan fingerprint density at radius 2 is 1.22 bits per heavy atom. The minimum atomic E-state index is -1.87. The van der Waals surface area contributed by atoms with Crippen LogP contribution in [-0.4, -0.2) is 233 Å². The first-order valence-electron chi connectivity index (χ1n) is 26.6. The maximum Gasteiger partial charge on any atom is 0.187 e. The van der Waals surface area contributed by atoms with Gasteiger partial charge in [0.25, 0.3) is 0 Å². The van der Waals surface area contributed by atoms with Crippen molar-refractivity contribution in [2.75, 3.05) is 26.4 Å². The highest BCUT2D eigenvalue weighted by Crippen LogP contribution is 2.66. The summed E-state index contributed by atoms with van der Waals surface area (Å²) in [4.78, 5) is 28.0. The summed E-state index contributed by atoms with van der Waals surface area (Å²) in [6.45, 7) is 7.62. The molecule has 0 bridgehead atoms. The topological polar surface area (TPSA) is 371 Å². The molecule has 4 saturated heterocycles. The summed E-state index contributed by atoms with van der Waals surface area (Å²) >= 11 is 0. The van der Waals surface area contributed by atoms with Crippen LogP contribution < -0.4 is 0 Å². The maximum atomic E-state index is 14.1. The van der Waals surface area contributed by atoms with Gasteiger partial charge in [-0.15, -0.1) is 0 Å². The van der Waals surface area contributed by atoms with Crippen LogP contribution >= 0.6 is 0 Å². The Morgan fingerprint density at radius 1 is 0.649 bits per heavy atom. The molecule has 8 unspecified atom stereocenters. The summed E-state index contributed by atoms with van der Waals surface area (Å²) in [5.74, 6) is -0.523. The second kappa shape index (κ2) is 23.5. The number of aliphatic hydroxyl groups is 13. The summed E-state index contributed by atoms with van der Waals surface area (Å²) in [6, 6.07) is 0. The van der Waals surface area contributed by atoms with Crippen LogP contribution in [-0.2, 0) is 47.5 Å². The fraction of sp³-hybridized carbons (Fsp3) is 0.922. The molecule has 0 amide bonds. The molecule has 13 N–H and O–H groups in total. The van der Waals surface area contributed by atoms with Gasteiger partial charge in [0.1, 0.15) is 103 Å². The van der Waals surface area contributed by atoms with Gasteiger partial charge in [-0.05, 0) is 86.4 Å². The third-order valence-electron chi connectivity index (χ3n) is 18.6. The highest BCUT2D eigenvalue weighted by atomic mass is 16.8. The third-order valence-corrected chi connectivity index (χ3v) is 18.6. The Kier molecular flexibility index (Phi) is 18.6. The third kappa shape index (κ3) is 11.0. The predicted molar refractivity (Wildman–Crippen MR) is 250 cm³/mol. The molecule has 4 aliphatic carbocycles. The zero-order chi connectivity index (χ0) is 53.9. The molecule has 7 fully saturated rings. The molecular weight excluding hydrogens is 981 g/mol. The number of carbonyl (C=O) groups excluding carboxylic acids is 2. The molecule has 424 valence electrons. The summed E-state index contributed by atoms with van der Waals surface area (Å²) < 4.78 is 47.4. The Bertz CT molecular complexity index is 1940. The van der Waals surface area contributed by atoms with Gasteiger partial charge in [-0.3, -0.25) is 9.59 Å². The van der Waals surface area contributed by atoms with Crippen molar-refractivity contribution in [1.29, 1.82) is 0 Å². The van der Waals surface area contributed by atoms with Crippen molar-refractivity contribution in [3.05, 3.63) is 11.6 Å². The summed E-state index contributed by atoms with van der Waals surface area (Å²) in [6.07, 6.45) is -24.0. The summed E-state index contributed by atoms with van der Waals surface area (Å²) in [5.41, 5.74) is 0.520. The molecule has 0 aromatic rings. The van der Waals surface area contributed by atoms with Crippen LogP contribution in [0, 0.1) is 46.3 Å². The van der Waals surface area contributed by atoms with Gasteiger partial charge in [-0.1, -0.05) is 39.3 Å². The molecule has 0 spiro atoms. The molecule has 4 heterocycles. The highest BCUT2D eigenvalue weighted by Gasteiger charge is 2.63. The molecule has 3 saturated carbocycles. The first kappa shape index (κ1) is 58.4. The van der Waals surface area contributed by atoms with E-state index in [2.05, 4.69) is 19.9 Å². The van der Waals surface area contributed by atoms with E-state index in [9.17, 15) is 76.0 Å². The van der Waals surface area contributed by atoms with Crippen LogP contribution in [0.25, 0.3) is 0 Å². The second-order valence-corrected chi connectivity index (χ2v) is 23.2. The van der Waals surface area contributed by atoms with E-state index >= 15 is 0 Å². The lowest BCUT2D eigenvalue weighted by atomic mass is 9.47. The number of allylic oxidation sites excluding steroid dienone is 1. The lowest BCUT2D eigenvalue weighted by Gasteiger charge is -2.58. The number of carbonyl (C=O) groups is 2. The molecule has 74 heavy (non-hydrogen) atoms. The minimum absolute atomic E-state index is 0.0131. The number of rotatable bonds is 17. The summed E-state index contributed by atoms with van der Waals surface area (Å²) in [5, 5.41) is 136. The number of fused-ring (bicyclic) bond motifs is 5. The molecule has 0 radical (unpaired) electrons. The Labute approximate surface area is 430 Å². The van der Waals surface area contributed by atoms with Crippen molar-refractivity contribution in [2.24, 2.45) is 46.3 Å². The van der Waals surface area contributed by atoms with Crippen LogP contribution in [0.1, 0.15) is 92.4 Å². The average molecular weight is 1060 g/mol. The van der Waals surface area contributed by atoms with E-state index in [-0.39, 0.29) is 53.7 Å². The van der Waals surface area contributed by atoms with Crippen LogP contribution in [0.2, 0.25) is 0 Å². The molecule has 4 aliphatic heterocycles. The van der Waals surface area contributed by atoms with Gasteiger partial charge in [-0.2, -0.15) is 0 Å². The van der Waals surface area contributed by atoms with Gasteiger partial charge in [0, 0.05) is 24.7 Å². The normalized spacial score (nSPS) is 50.5. The number of aliphatic hydroxyl groups excluding tert-OH is 13. The van der Waals surface area contributed by atoms with E-state index in [1.54, 1.807) is 0 Å². The van der Waals surface area contributed by atoms with Crippen LogP contribution in [0.3, 0.4) is 0 Å². The van der Waals surface area contributed by atoms with Crippen molar-refractivity contribution >= 4 is 11.6 Å². The van der Waals surface area contributed by atoms with Crippen molar-refractivity contribution < 1.29 is 114 Å². The summed E-state index contributed by atoms with van der Waals surface area (Å²) in [7, 11) is 0. The molecule has 8 rings (SSSR count). The first-order valence-corrected chi connectivity index (χ1v) is 26.6. The molecule has 23 heteroatoms. The fourth-order valence-electron chi connectivity index (χ4n) is 14.0. The van der Waals surface area contributed by atoms with Gasteiger partial charge in [0.2, 0.25) is 0 Å². The highest BCUT2D eigenvalue weighted by molar-refractivity contribution is 5.92. The van der Waals surface area contributed by atoms with Crippen molar-refractivity contribution in [1.82, 2.24) is 0 Å². The molecule has 23 nitrogen and oxygen atoms in total. The molecule has 0 aromatic carbocycles. The predicted octanol–water partition coefficient (Wildman–Crippen LogP) is -2.96. The SMILES string of the molecule is CC1O[C@@H](OC2[C@H](O[C@H]3CC[C@@]4(C)C(=CC[C@H]5[C@@H]6CC(=O)[C@H]([C@H](C)C(=O)CC[C@@H](C)CO[C@@H]7OC(CO)[C@@H](O)[C@H](O)C7O)[C@@]6(C)CC[C@@H]54)C3)OC(CO)[C@@H](O[C@@H]3OC(CO)[C@@H](O)[C@H](O)C3O)[C@@H]2O)C(O)[C@@H](O)[C@H]1O. The lowest BCUT2D eigenvalue weighted by Crippen LogP contribution is -2.67. The molecular formula is C51H82O23. The zero-order valence-electron chi connectivity index (χ0n) is 42.8. The number of ether oxygens (including phenoxy) is 8. The number of hydrogen-bond acceptors (Lipinski definition) is 23. The average Bonchev–Trinajstić information content (AvgIpc) is 3.66. The number of hydrogen-bond donors (Lipinski definition) is 13. The minimum Gasteiger partial charge on any atom is -0.394 e. The standard InChI is InChI=1S/C51H82O23/c1-20(19-67-46-40(63)38(61)35(58)30(16-52)70-46)6-9-28(55)21(2)33-29(56)15-27-25-8-7-23-14-24(10-12-50(23,4)26(25)11-13-51(27,33)5)69-49-45(74-47-41(64)37(60)34(57)22(3)68-47)43(66)44(32(18-54)72-49)73-48-42(65)39(62)36(59)31(17-53)71-48/h7,20-22,24-27,30-49,52-54,57-66H,6,8-19H2,1-5H3/t20-,21-,22?,24+,25-,26+,27+,30?,31?,32?,33+,34+,35-,36-,37+,38+,39+,40?,41?,42?,43+,44-,45?,46-,47+,48+,49-,50+,51+/m1/s1.